The number of hydrogen-bond acceptors (Lipinski definition) is 1. The van der Waals surface area contributed by atoms with Crippen LogP contribution in [0.3, 0.4) is 0 Å². The van der Waals surface area contributed by atoms with Gasteiger partial charge in [-0.25, -0.2) is 8.78 Å². The van der Waals surface area contributed by atoms with Gasteiger partial charge in [0.05, 0.1) is 11.7 Å². The second-order valence-corrected chi connectivity index (χ2v) is 11.4. The highest BCUT2D eigenvalue weighted by Crippen LogP contribution is 2.52. The quantitative estimate of drug-likeness (QED) is 0.344. The molecule has 196 valence electrons. The Balaban J connectivity index is 1.77. The molecule has 0 bridgehead atoms. The summed E-state index contributed by atoms with van der Waals surface area (Å²) in [7, 11) is 0. The molecule has 1 nitrogen and oxygen atoms in total. The molecule has 2 atom stereocenters. The van der Waals surface area contributed by atoms with Crippen molar-refractivity contribution in [1.29, 1.82) is 0 Å². The largest absolute Gasteiger partial charge is 0.416 e. The highest BCUT2D eigenvalue weighted by Gasteiger charge is 2.38. The zero-order chi connectivity index (χ0) is 26.5. The van der Waals surface area contributed by atoms with E-state index >= 15 is 4.39 Å². The van der Waals surface area contributed by atoms with Crippen LogP contribution in [0.15, 0.2) is 54.6 Å². The summed E-state index contributed by atoms with van der Waals surface area (Å²) in [6.07, 6.45) is -1.99. The van der Waals surface area contributed by atoms with Gasteiger partial charge in [-0.3, -0.25) is 0 Å². The Morgan fingerprint density at radius 2 is 1.57 bits per heavy atom. The van der Waals surface area contributed by atoms with Gasteiger partial charge in [0.25, 0.3) is 0 Å². The summed E-state index contributed by atoms with van der Waals surface area (Å²) < 4.78 is 70.1. The van der Waals surface area contributed by atoms with Crippen LogP contribution in [0.25, 0.3) is 11.1 Å². The molecule has 6 heteroatoms. The third-order valence-corrected chi connectivity index (χ3v) is 7.99. The lowest BCUT2D eigenvalue weighted by molar-refractivity contribution is -0.137. The minimum Gasteiger partial charge on any atom is -0.388 e. The van der Waals surface area contributed by atoms with Gasteiger partial charge in [0.1, 0.15) is 5.82 Å². The van der Waals surface area contributed by atoms with Gasteiger partial charge in [-0.05, 0) is 94.7 Å². The molecule has 37 heavy (non-hydrogen) atoms. The monoisotopic (exact) mass is 514 g/mol. The summed E-state index contributed by atoms with van der Waals surface area (Å²) in [5, 5.41) is 11.3. The van der Waals surface area contributed by atoms with Gasteiger partial charge in [-0.2, -0.15) is 13.2 Å². The van der Waals surface area contributed by atoms with Crippen LogP contribution in [0.1, 0.15) is 97.5 Å². The van der Waals surface area contributed by atoms with Gasteiger partial charge in [0.15, 0.2) is 6.17 Å². The van der Waals surface area contributed by atoms with Gasteiger partial charge >= 0.3 is 6.18 Å². The molecule has 0 heterocycles. The molecule has 0 saturated heterocycles. The molecule has 5 rings (SSSR count). The Hall–Kier alpha value is -2.73. The van der Waals surface area contributed by atoms with E-state index in [0.29, 0.717) is 35.1 Å². The van der Waals surface area contributed by atoms with Crippen molar-refractivity contribution >= 4 is 0 Å². The first-order valence-electron chi connectivity index (χ1n) is 12.9. The third-order valence-electron chi connectivity index (χ3n) is 7.99. The molecular formula is C31H31F5O. The SMILES string of the molecule is CC1(C)Cc2cc(C3CCCC3)c(C(F)c3ccc(C(F)(F)F)cc3)c(-c3ccc(F)cc3)c2C(O)C1. The molecule has 0 amide bonds. The lowest BCUT2D eigenvalue weighted by Crippen LogP contribution is -2.27. The first-order valence-corrected chi connectivity index (χ1v) is 12.9. The fourth-order valence-corrected chi connectivity index (χ4v) is 6.32. The van der Waals surface area contributed by atoms with Crippen molar-refractivity contribution < 1.29 is 27.1 Å². The van der Waals surface area contributed by atoms with E-state index in [1.807, 2.05) is 6.07 Å². The third kappa shape index (κ3) is 5.05. The Morgan fingerprint density at radius 3 is 2.16 bits per heavy atom. The topological polar surface area (TPSA) is 20.2 Å². The van der Waals surface area contributed by atoms with E-state index in [2.05, 4.69) is 13.8 Å². The molecule has 2 aliphatic carbocycles. The average molecular weight is 515 g/mol. The minimum atomic E-state index is -4.51. The van der Waals surface area contributed by atoms with Gasteiger partial charge < -0.3 is 5.11 Å². The summed E-state index contributed by atoms with van der Waals surface area (Å²) >= 11 is 0. The van der Waals surface area contributed by atoms with E-state index in [4.69, 9.17) is 0 Å². The number of alkyl halides is 4. The normalized spacial score (nSPS) is 20.6. The first-order chi connectivity index (χ1) is 17.4. The molecule has 3 aromatic carbocycles. The van der Waals surface area contributed by atoms with Crippen LogP contribution < -0.4 is 0 Å². The minimum absolute atomic E-state index is 0.120. The predicted octanol–water partition coefficient (Wildman–Crippen LogP) is 9.23. The van der Waals surface area contributed by atoms with E-state index < -0.39 is 29.8 Å². The molecule has 2 aliphatic rings. The molecule has 3 aromatic rings. The van der Waals surface area contributed by atoms with Crippen molar-refractivity contribution in [3.63, 3.8) is 0 Å². The van der Waals surface area contributed by atoms with E-state index in [1.54, 1.807) is 12.1 Å². The van der Waals surface area contributed by atoms with Crippen LogP contribution in [0.2, 0.25) is 0 Å². The van der Waals surface area contributed by atoms with E-state index in [1.165, 1.54) is 24.3 Å². The molecule has 2 unspecified atom stereocenters. The highest BCUT2D eigenvalue weighted by molar-refractivity contribution is 5.76. The number of hydrogen-bond donors (Lipinski definition) is 1. The smallest absolute Gasteiger partial charge is 0.388 e. The van der Waals surface area contributed by atoms with E-state index in [9.17, 15) is 22.7 Å². The molecule has 0 aromatic heterocycles. The average Bonchev–Trinajstić information content (AvgIpc) is 3.37. The van der Waals surface area contributed by atoms with E-state index in [0.717, 1.165) is 48.9 Å². The molecule has 1 N–H and O–H groups in total. The standard InChI is InChI=1S/C31H31F5O/c1-30(2)16-21-15-24(18-5-3-4-6-18)28(29(33)20-7-11-22(12-8-20)31(34,35)36)27(26(21)25(37)17-30)19-9-13-23(32)14-10-19/h7-15,18,25,29,37H,3-6,16-17H2,1-2H3. The summed E-state index contributed by atoms with van der Waals surface area (Å²) in [6.45, 7) is 4.19. The fraction of sp³-hybridized carbons (Fsp3) is 0.419. The van der Waals surface area contributed by atoms with Crippen LogP contribution in [0.5, 0.6) is 0 Å². The second kappa shape index (κ2) is 9.54. The number of aliphatic hydroxyl groups excluding tert-OH is 1. The molecule has 0 radical (unpaired) electrons. The maximum atomic E-state index is 16.6. The van der Waals surface area contributed by atoms with Gasteiger partial charge in [0, 0.05) is 5.56 Å². The number of aliphatic hydroxyl groups is 1. The number of fused-ring (bicyclic) bond motifs is 1. The van der Waals surface area contributed by atoms with Crippen molar-refractivity contribution in [1.82, 2.24) is 0 Å². The summed E-state index contributed by atoms with van der Waals surface area (Å²) in [5.74, 6) is -0.304. The Labute approximate surface area is 214 Å². The second-order valence-electron chi connectivity index (χ2n) is 11.4. The number of rotatable bonds is 4. The first kappa shape index (κ1) is 25.9. The Kier molecular flexibility index (Phi) is 6.68. The molecule has 0 spiro atoms. The number of halogens is 5. The Morgan fingerprint density at radius 1 is 0.946 bits per heavy atom. The summed E-state index contributed by atoms with van der Waals surface area (Å²) in [4.78, 5) is 0. The van der Waals surface area contributed by atoms with Gasteiger partial charge in [-0.15, -0.1) is 0 Å². The lowest BCUT2D eigenvalue weighted by atomic mass is 9.68. The van der Waals surface area contributed by atoms with E-state index in [-0.39, 0.29) is 16.9 Å². The van der Waals surface area contributed by atoms with Crippen molar-refractivity contribution in [2.75, 3.05) is 0 Å². The highest BCUT2D eigenvalue weighted by atomic mass is 19.4. The maximum Gasteiger partial charge on any atom is 0.416 e. The van der Waals surface area contributed by atoms with Crippen LogP contribution in [-0.2, 0) is 12.6 Å². The predicted molar refractivity (Wildman–Crippen MR) is 135 cm³/mol. The fourth-order valence-electron chi connectivity index (χ4n) is 6.32. The Bertz CT molecular complexity index is 1270. The zero-order valence-electron chi connectivity index (χ0n) is 21.0. The summed E-state index contributed by atoms with van der Waals surface area (Å²) in [5.41, 5.74) is 3.15. The van der Waals surface area contributed by atoms with Crippen molar-refractivity contribution in [2.24, 2.45) is 5.41 Å². The van der Waals surface area contributed by atoms with Crippen LogP contribution >= 0.6 is 0 Å². The van der Waals surface area contributed by atoms with Crippen molar-refractivity contribution in [3.8, 4) is 11.1 Å². The van der Waals surface area contributed by atoms with Crippen LogP contribution in [0.4, 0.5) is 22.0 Å². The van der Waals surface area contributed by atoms with Gasteiger partial charge in [-0.1, -0.05) is 57.0 Å². The van der Waals surface area contributed by atoms with Gasteiger partial charge in [0.2, 0.25) is 0 Å². The van der Waals surface area contributed by atoms with Crippen LogP contribution in [-0.4, -0.2) is 5.11 Å². The lowest BCUT2D eigenvalue weighted by Gasteiger charge is -2.38. The maximum absolute atomic E-state index is 16.6. The van der Waals surface area contributed by atoms with Crippen LogP contribution in [0, 0.1) is 11.2 Å². The van der Waals surface area contributed by atoms with Crippen molar-refractivity contribution in [2.45, 2.75) is 76.7 Å². The summed E-state index contributed by atoms with van der Waals surface area (Å²) in [6, 6.07) is 12.1. The zero-order valence-corrected chi connectivity index (χ0v) is 21.0. The molecule has 1 saturated carbocycles. The molecule has 0 aliphatic heterocycles. The van der Waals surface area contributed by atoms with Crippen molar-refractivity contribution in [3.05, 3.63) is 93.8 Å². The number of benzene rings is 3. The molecular weight excluding hydrogens is 483 g/mol. The molecule has 1 fully saturated rings.